The number of rotatable bonds is 9. The van der Waals surface area contributed by atoms with Gasteiger partial charge >= 0.3 is 6.18 Å². The Labute approximate surface area is 271 Å². The van der Waals surface area contributed by atoms with E-state index in [1.807, 2.05) is 13.0 Å². The smallest absolute Gasteiger partial charge is 0.367 e. The van der Waals surface area contributed by atoms with Crippen LogP contribution in [0.4, 0.5) is 19.0 Å². The number of fused-ring (bicyclic) bond motifs is 2. The van der Waals surface area contributed by atoms with Gasteiger partial charge in [-0.05, 0) is 81.7 Å². The van der Waals surface area contributed by atoms with Gasteiger partial charge in [0.1, 0.15) is 28.2 Å². The Balaban J connectivity index is 1.09. The quantitative estimate of drug-likeness (QED) is 0.202. The second kappa shape index (κ2) is 12.5. The lowest BCUT2D eigenvalue weighted by atomic mass is 9.69. The second-order valence-corrected chi connectivity index (χ2v) is 14.4. The molecule has 1 saturated carbocycles. The van der Waals surface area contributed by atoms with Crippen LogP contribution in [0.1, 0.15) is 73.5 Å². The highest BCUT2D eigenvalue weighted by Crippen LogP contribution is 2.40. The molecule has 0 bridgehead atoms. The van der Waals surface area contributed by atoms with Crippen LogP contribution in [-0.4, -0.2) is 56.2 Å². The Hall–Kier alpha value is -3.69. The van der Waals surface area contributed by atoms with Crippen LogP contribution in [0.15, 0.2) is 24.3 Å². The van der Waals surface area contributed by atoms with Crippen molar-refractivity contribution in [3.8, 4) is 6.07 Å². The Bertz CT molecular complexity index is 1810. The normalized spacial score (nSPS) is 21.0. The Morgan fingerprint density at radius 2 is 1.89 bits per heavy atom. The number of nitriles is 1. The van der Waals surface area contributed by atoms with Gasteiger partial charge in [0.05, 0.1) is 11.8 Å². The maximum atomic E-state index is 13.0. The lowest BCUT2D eigenvalue weighted by molar-refractivity contribution is -0.126. The third-order valence-electron chi connectivity index (χ3n) is 9.52. The van der Waals surface area contributed by atoms with Crippen LogP contribution < -0.4 is 10.6 Å². The molecule has 1 amide bonds. The van der Waals surface area contributed by atoms with Crippen molar-refractivity contribution in [2.24, 2.45) is 5.92 Å². The van der Waals surface area contributed by atoms with E-state index in [4.69, 9.17) is 0 Å². The van der Waals surface area contributed by atoms with Crippen LogP contribution in [0.25, 0.3) is 21.1 Å². The van der Waals surface area contributed by atoms with Gasteiger partial charge in [0.15, 0.2) is 0 Å². The van der Waals surface area contributed by atoms with Crippen LogP contribution in [0.3, 0.4) is 0 Å². The first kappa shape index (κ1) is 32.3. The molecule has 6 rings (SSSR count). The molecule has 0 spiro atoms. The summed E-state index contributed by atoms with van der Waals surface area (Å²) in [5.41, 5.74) is 4.00. The molecule has 1 aliphatic carbocycles. The van der Waals surface area contributed by atoms with Gasteiger partial charge in [0.2, 0.25) is 5.91 Å². The van der Waals surface area contributed by atoms with E-state index < -0.39 is 12.6 Å². The van der Waals surface area contributed by atoms with E-state index in [0.717, 1.165) is 74.1 Å². The molecule has 1 aliphatic heterocycles. The van der Waals surface area contributed by atoms with Gasteiger partial charge in [0, 0.05) is 60.0 Å². The number of nitrogens with zero attached hydrogens (tertiary/aromatic N) is 5. The summed E-state index contributed by atoms with van der Waals surface area (Å²) >= 11 is 1.08. The summed E-state index contributed by atoms with van der Waals surface area (Å²) in [4.78, 5) is 24.1. The highest BCUT2D eigenvalue weighted by molar-refractivity contribution is 7.18. The van der Waals surface area contributed by atoms with E-state index in [1.54, 1.807) is 13.0 Å². The fourth-order valence-electron chi connectivity index (χ4n) is 7.25. The zero-order valence-corrected chi connectivity index (χ0v) is 27.5. The van der Waals surface area contributed by atoms with Crippen molar-refractivity contribution in [1.29, 1.82) is 5.26 Å². The molecule has 0 atom stereocenters. The Morgan fingerprint density at radius 3 is 2.57 bits per heavy atom. The summed E-state index contributed by atoms with van der Waals surface area (Å²) in [6, 6.07) is 10.5. The molecular weight excluding hydrogens is 611 g/mol. The number of hydrogen-bond acceptors (Lipinski definition) is 7. The summed E-state index contributed by atoms with van der Waals surface area (Å²) in [6.45, 7) is 11.2. The zero-order chi connectivity index (χ0) is 32.8. The van der Waals surface area contributed by atoms with Crippen LogP contribution in [-0.2, 0) is 24.3 Å². The summed E-state index contributed by atoms with van der Waals surface area (Å²) in [7, 11) is 0. The van der Waals surface area contributed by atoms with Crippen molar-refractivity contribution < 1.29 is 18.0 Å². The number of halogens is 3. The van der Waals surface area contributed by atoms with Crippen molar-refractivity contribution >= 4 is 44.2 Å². The van der Waals surface area contributed by atoms with Crippen LogP contribution >= 0.6 is 11.3 Å². The van der Waals surface area contributed by atoms with Crippen molar-refractivity contribution in [3.63, 3.8) is 0 Å². The topological polar surface area (TPSA) is 98.9 Å². The molecule has 0 unspecified atom stereocenters. The van der Waals surface area contributed by atoms with E-state index in [9.17, 15) is 23.2 Å². The molecule has 2 aliphatic rings. The summed E-state index contributed by atoms with van der Waals surface area (Å²) < 4.78 is 41.2. The first-order valence-corrected chi connectivity index (χ1v) is 16.8. The molecule has 46 heavy (non-hydrogen) atoms. The fourth-order valence-corrected chi connectivity index (χ4v) is 8.36. The summed E-state index contributed by atoms with van der Waals surface area (Å²) in [6.07, 6.45) is -1.16. The first-order valence-electron chi connectivity index (χ1n) is 16.0. The minimum Gasteiger partial charge on any atom is -0.367 e. The molecular formula is C34H40F3N7OS. The van der Waals surface area contributed by atoms with Crippen LogP contribution in [0, 0.1) is 31.1 Å². The van der Waals surface area contributed by atoms with Crippen LogP contribution in [0.2, 0.25) is 0 Å². The second-order valence-electron chi connectivity index (χ2n) is 13.3. The number of carbonyl (C=O) groups excluding carboxylic acids is 1. The van der Waals surface area contributed by atoms with Gasteiger partial charge in [-0.15, -0.1) is 11.3 Å². The number of carbonyl (C=O) groups is 1. The number of aryl methyl sites for hydroxylation is 2. The molecule has 1 aromatic carbocycles. The van der Waals surface area contributed by atoms with E-state index >= 15 is 0 Å². The Morgan fingerprint density at radius 1 is 1.15 bits per heavy atom. The minimum absolute atomic E-state index is 0.0794. The van der Waals surface area contributed by atoms with E-state index in [1.165, 1.54) is 11.1 Å². The van der Waals surface area contributed by atoms with Gasteiger partial charge in [-0.2, -0.15) is 18.4 Å². The van der Waals surface area contributed by atoms with Gasteiger partial charge in [-0.25, -0.2) is 9.97 Å². The number of aromatic nitrogens is 3. The maximum Gasteiger partial charge on any atom is 0.393 e. The average Bonchev–Trinajstić information content (AvgIpc) is 3.54. The van der Waals surface area contributed by atoms with E-state index in [2.05, 4.69) is 62.1 Å². The third-order valence-corrected chi connectivity index (χ3v) is 10.5. The average molecular weight is 652 g/mol. The molecule has 1 saturated heterocycles. The molecule has 3 aromatic heterocycles. The molecule has 12 heteroatoms. The number of benzene rings is 1. The van der Waals surface area contributed by atoms with Crippen molar-refractivity contribution in [2.45, 2.75) is 97.1 Å². The number of amides is 1. The van der Waals surface area contributed by atoms with Gasteiger partial charge in [0.25, 0.3) is 0 Å². The largest absolute Gasteiger partial charge is 0.393 e. The monoisotopic (exact) mass is 651 g/mol. The van der Waals surface area contributed by atoms with Crippen molar-refractivity contribution in [3.05, 3.63) is 51.8 Å². The lowest BCUT2D eigenvalue weighted by Crippen LogP contribution is -2.55. The van der Waals surface area contributed by atoms with E-state index in [-0.39, 0.29) is 22.4 Å². The lowest BCUT2D eigenvalue weighted by Gasteiger charge is -2.46. The molecule has 2 fully saturated rings. The number of nitrogens with one attached hydrogen (secondary N) is 2. The number of thiophene rings is 1. The number of hydrogen-bond donors (Lipinski definition) is 2. The number of piperidine rings is 1. The fraction of sp³-hybridized carbons (Fsp3) is 0.529. The molecule has 4 aromatic rings. The molecule has 8 nitrogen and oxygen atoms in total. The number of anilines is 1. The van der Waals surface area contributed by atoms with Gasteiger partial charge in [-0.3, -0.25) is 9.69 Å². The number of alkyl halides is 3. The predicted molar refractivity (Wildman–Crippen MR) is 175 cm³/mol. The van der Waals surface area contributed by atoms with Gasteiger partial charge in [-0.1, -0.05) is 13.0 Å². The predicted octanol–water partition coefficient (Wildman–Crippen LogP) is 7.01. The van der Waals surface area contributed by atoms with Crippen molar-refractivity contribution in [1.82, 2.24) is 24.8 Å². The summed E-state index contributed by atoms with van der Waals surface area (Å²) in [5, 5.41) is 18.4. The van der Waals surface area contributed by atoms with E-state index in [0.29, 0.717) is 39.9 Å². The Kier molecular flexibility index (Phi) is 8.76. The maximum absolute atomic E-state index is 13.0. The standard InChI is InChI=1S/C34H40F3N7OS/c1-5-30(45)42-33(4)14-22(15-33)18-44-25(17-38)12-27-20(2)23(6-7-29(27)44)19-43-10-8-24(9-11-43)41-31-28-13-26(16-34(35,36)37)46-32(28)40-21(3)39-31/h6-7,12-13,22,24H,5,8-11,14-16,18-19H2,1-4H3,(H,42,45)(H,39,40,41). The van der Waals surface area contributed by atoms with Gasteiger partial charge < -0.3 is 15.2 Å². The molecule has 4 heterocycles. The van der Waals surface area contributed by atoms with Crippen LogP contribution in [0.5, 0.6) is 0 Å². The third kappa shape index (κ3) is 6.86. The highest BCUT2D eigenvalue weighted by atomic mass is 32.1. The highest BCUT2D eigenvalue weighted by Gasteiger charge is 2.41. The first-order chi connectivity index (χ1) is 21.8. The van der Waals surface area contributed by atoms with Crippen molar-refractivity contribution in [2.75, 3.05) is 18.4 Å². The molecule has 244 valence electrons. The molecule has 0 radical (unpaired) electrons. The zero-order valence-electron chi connectivity index (χ0n) is 26.7. The minimum atomic E-state index is -4.26. The number of likely N-dealkylation sites (tertiary alicyclic amines) is 1. The molecule has 2 N–H and O–H groups in total. The SMILES string of the molecule is CCC(=O)NC1(C)CC(Cn2c(C#N)cc3c(C)c(CN4CCC(Nc5nc(C)nc6sc(CC(F)(F)F)cc56)CC4)ccc32)C1. The summed E-state index contributed by atoms with van der Waals surface area (Å²) in [5.74, 6) is 1.64.